The largest absolute Gasteiger partial charge is 0.508 e. The maximum Gasteiger partial charge on any atom is 0.267 e. The second-order valence-corrected chi connectivity index (χ2v) is 5.54. The molecule has 106 valence electrons. The molecule has 0 spiro atoms. The Bertz CT molecular complexity index is 804. The highest BCUT2D eigenvalue weighted by Crippen LogP contribution is 2.40. The smallest absolute Gasteiger partial charge is 0.267 e. The van der Waals surface area contributed by atoms with E-state index in [9.17, 15) is 14.7 Å². The first-order valence-corrected chi connectivity index (χ1v) is 6.90. The van der Waals surface area contributed by atoms with Crippen molar-refractivity contribution < 1.29 is 14.7 Å². The van der Waals surface area contributed by atoms with Crippen LogP contribution in [0.15, 0.2) is 30.3 Å². The summed E-state index contributed by atoms with van der Waals surface area (Å²) in [4.78, 5) is 25.8. The highest BCUT2D eigenvalue weighted by Gasteiger charge is 2.40. The molecule has 0 fully saturated rings. The summed E-state index contributed by atoms with van der Waals surface area (Å²) in [6, 6.07) is 7.10. The van der Waals surface area contributed by atoms with Crippen LogP contribution in [0, 0.1) is 0 Å². The zero-order valence-corrected chi connectivity index (χ0v) is 12.5. The van der Waals surface area contributed by atoms with Crippen molar-refractivity contribution in [1.82, 2.24) is 0 Å². The van der Waals surface area contributed by atoms with Crippen LogP contribution in [0.2, 0.25) is 15.1 Å². The van der Waals surface area contributed by atoms with Gasteiger partial charge in [0.15, 0.2) is 0 Å². The number of benzene rings is 2. The molecular formula is C14H6Cl3NO3. The fourth-order valence-corrected chi connectivity index (χ4v) is 2.85. The number of nitrogens with zero attached hydrogens (tertiary/aromatic N) is 1. The fourth-order valence-electron chi connectivity index (χ4n) is 2.16. The molecule has 2 aromatic carbocycles. The number of anilines is 1. The molecule has 1 aliphatic heterocycles. The Labute approximate surface area is 134 Å². The monoisotopic (exact) mass is 341 g/mol. The lowest BCUT2D eigenvalue weighted by Gasteiger charge is -2.13. The molecule has 1 aliphatic rings. The maximum absolute atomic E-state index is 12.4. The molecule has 0 aromatic heterocycles. The maximum atomic E-state index is 12.4. The Morgan fingerprint density at radius 3 is 2.33 bits per heavy atom. The molecule has 0 bridgehead atoms. The number of imide groups is 1. The normalized spacial score (nSPS) is 13.8. The molecule has 2 amide bonds. The molecular weight excluding hydrogens is 337 g/mol. The number of amides is 2. The molecule has 21 heavy (non-hydrogen) atoms. The standard InChI is InChI=1S/C14H6Cl3NO3/c15-9-5-8-10(12(17)11(9)16)14(21)18(13(8)20)6-2-1-3-7(19)4-6/h1-5,19H. The summed E-state index contributed by atoms with van der Waals surface area (Å²) in [5, 5.41) is 9.55. The third-order valence-electron chi connectivity index (χ3n) is 3.10. The topological polar surface area (TPSA) is 57.6 Å². The van der Waals surface area contributed by atoms with Crippen molar-refractivity contribution in [2.24, 2.45) is 0 Å². The van der Waals surface area contributed by atoms with Gasteiger partial charge in [0.2, 0.25) is 0 Å². The Morgan fingerprint density at radius 2 is 1.67 bits per heavy atom. The van der Waals surface area contributed by atoms with Crippen LogP contribution in [0.3, 0.4) is 0 Å². The number of phenols is 1. The second-order valence-electron chi connectivity index (χ2n) is 4.37. The molecule has 2 aromatic rings. The van der Waals surface area contributed by atoms with Gasteiger partial charge in [0.1, 0.15) is 5.75 Å². The molecule has 1 N–H and O–H groups in total. The summed E-state index contributed by atoms with van der Waals surface area (Å²) in [5.41, 5.74) is 0.340. The van der Waals surface area contributed by atoms with Gasteiger partial charge in [-0.2, -0.15) is 0 Å². The Balaban J connectivity index is 2.20. The molecule has 0 atom stereocenters. The van der Waals surface area contributed by atoms with Crippen molar-refractivity contribution in [3.8, 4) is 5.75 Å². The number of hydrogen-bond donors (Lipinski definition) is 1. The van der Waals surface area contributed by atoms with Gasteiger partial charge in [-0.15, -0.1) is 0 Å². The number of fused-ring (bicyclic) bond motifs is 1. The van der Waals surface area contributed by atoms with E-state index >= 15 is 0 Å². The highest BCUT2D eigenvalue weighted by molar-refractivity contribution is 6.51. The van der Waals surface area contributed by atoms with Crippen LogP contribution in [0.25, 0.3) is 0 Å². The van der Waals surface area contributed by atoms with Crippen molar-refractivity contribution >= 4 is 52.3 Å². The molecule has 7 heteroatoms. The molecule has 3 rings (SSSR count). The van der Waals surface area contributed by atoms with E-state index < -0.39 is 11.8 Å². The van der Waals surface area contributed by atoms with E-state index in [4.69, 9.17) is 34.8 Å². The number of hydrogen-bond acceptors (Lipinski definition) is 3. The fraction of sp³-hybridized carbons (Fsp3) is 0. The minimum atomic E-state index is -0.607. The van der Waals surface area contributed by atoms with Crippen molar-refractivity contribution in [3.63, 3.8) is 0 Å². The predicted octanol–water partition coefficient (Wildman–Crippen LogP) is 4.15. The Hall–Kier alpha value is -1.75. The van der Waals surface area contributed by atoms with Crippen LogP contribution in [0.5, 0.6) is 5.75 Å². The molecule has 4 nitrogen and oxygen atoms in total. The van der Waals surface area contributed by atoms with Crippen molar-refractivity contribution in [3.05, 3.63) is 56.5 Å². The number of carbonyl (C=O) groups is 2. The summed E-state index contributed by atoms with van der Waals surface area (Å²) in [6.07, 6.45) is 0. The number of aromatic hydroxyl groups is 1. The van der Waals surface area contributed by atoms with Gasteiger partial charge in [-0.25, -0.2) is 4.90 Å². The van der Waals surface area contributed by atoms with E-state index in [0.717, 1.165) is 4.90 Å². The highest BCUT2D eigenvalue weighted by atomic mass is 35.5. The van der Waals surface area contributed by atoms with Gasteiger partial charge in [0, 0.05) is 6.07 Å². The zero-order chi connectivity index (χ0) is 15.3. The summed E-state index contributed by atoms with van der Waals surface area (Å²) in [5.74, 6) is -1.24. The minimum absolute atomic E-state index is 0.0133. The van der Waals surface area contributed by atoms with Crippen molar-refractivity contribution in [2.75, 3.05) is 4.90 Å². The van der Waals surface area contributed by atoms with E-state index in [-0.39, 0.29) is 37.6 Å². The number of carbonyl (C=O) groups excluding carboxylic acids is 2. The summed E-state index contributed by atoms with van der Waals surface area (Å²) in [7, 11) is 0. The van der Waals surface area contributed by atoms with E-state index in [1.165, 1.54) is 30.3 Å². The number of halogens is 3. The van der Waals surface area contributed by atoms with Crippen LogP contribution >= 0.6 is 34.8 Å². The molecule has 0 unspecified atom stereocenters. The minimum Gasteiger partial charge on any atom is -0.508 e. The average Bonchev–Trinajstić information content (AvgIpc) is 2.68. The molecule has 1 heterocycles. The van der Waals surface area contributed by atoms with Crippen LogP contribution in [-0.4, -0.2) is 16.9 Å². The van der Waals surface area contributed by atoms with Gasteiger partial charge in [-0.3, -0.25) is 9.59 Å². The van der Waals surface area contributed by atoms with Gasteiger partial charge in [-0.1, -0.05) is 40.9 Å². The predicted molar refractivity (Wildman–Crippen MR) is 80.7 cm³/mol. The van der Waals surface area contributed by atoms with Gasteiger partial charge in [0.25, 0.3) is 11.8 Å². The van der Waals surface area contributed by atoms with Gasteiger partial charge in [-0.05, 0) is 18.2 Å². The summed E-state index contributed by atoms with van der Waals surface area (Å²) < 4.78 is 0. The lowest BCUT2D eigenvalue weighted by molar-refractivity contribution is 0.0926. The SMILES string of the molecule is O=C1c2cc(Cl)c(Cl)c(Cl)c2C(=O)N1c1cccc(O)c1. The van der Waals surface area contributed by atoms with E-state index in [2.05, 4.69) is 0 Å². The third kappa shape index (κ3) is 2.07. The first-order chi connectivity index (χ1) is 9.91. The summed E-state index contributed by atoms with van der Waals surface area (Å²) in [6.45, 7) is 0. The first kappa shape index (κ1) is 14.2. The van der Waals surface area contributed by atoms with E-state index in [1.807, 2.05) is 0 Å². The van der Waals surface area contributed by atoms with Gasteiger partial charge < -0.3 is 5.11 Å². The lowest BCUT2D eigenvalue weighted by Crippen LogP contribution is -2.29. The molecule has 0 aliphatic carbocycles. The average molecular weight is 343 g/mol. The van der Waals surface area contributed by atoms with Crippen molar-refractivity contribution in [2.45, 2.75) is 0 Å². The molecule has 0 saturated heterocycles. The molecule has 0 radical (unpaired) electrons. The van der Waals surface area contributed by atoms with Crippen LogP contribution in [-0.2, 0) is 0 Å². The van der Waals surface area contributed by atoms with Crippen LogP contribution < -0.4 is 4.90 Å². The van der Waals surface area contributed by atoms with E-state index in [0.29, 0.717) is 0 Å². The Morgan fingerprint density at radius 1 is 0.952 bits per heavy atom. The number of phenolic OH excluding ortho intramolecular Hbond substituents is 1. The zero-order valence-electron chi connectivity index (χ0n) is 10.2. The lowest BCUT2D eigenvalue weighted by atomic mass is 10.1. The molecule has 0 saturated carbocycles. The second kappa shape index (κ2) is 4.91. The Kier molecular flexibility index (Phi) is 3.32. The van der Waals surface area contributed by atoms with Crippen molar-refractivity contribution in [1.29, 1.82) is 0 Å². The van der Waals surface area contributed by atoms with E-state index in [1.54, 1.807) is 0 Å². The first-order valence-electron chi connectivity index (χ1n) is 5.77. The number of rotatable bonds is 1. The van der Waals surface area contributed by atoms with Crippen LogP contribution in [0.4, 0.5) is 5.69 Å². The summed E-state index contributed by atoms with van der Waals surface area (Å²) >= 11 is 17.8. The van der Waals surface area contributed by atoms with Gasteiger partial charge in [0.05, 0.1) is 31.9 Å². The quantitative estimate of drug-likeness (QED) is 0.625. The van der Waals surface area contributed by atoms with Gasteiger partial charge >= 0.3 is 0 Å². The van der Waals surface area contributed by atoms with Crippen LogP contribution in [0.1, 0.15) is 20.7 Å². The third-order valence-corrected chi connectivity index (χ3v) is 4.36.